The molecular weight excluding hydrogens is 204 g/mol. The van der Waals surface area contributed by atoms with Gasteiger partial charge in [-0.15, -0.1) is 0 Å². The van der Waals surface area contributed by atoms with Gasteiger partial charge in [-0.2, -0.15) is 0 Å². The molecule has 4 nitrogen and oxygen atoms in total. The largest absolute Gasteiger partial charge is 0.480 e. The average Bonchev–Trinajstić information content (AvgIpc) is 2.80. The molecule has 0 amide bonds. The molecule has 4 heteroatoms. The third-order valence-electron chi connectivity index (χ3n) is 2.78. The minimum absolute atomic E-state index is 0.0386. The molecule has 1 saturated heterocycles. The average molecular weight is 220 g/mol. The Hall–Kier alpha value is -1.71. The van der Waals surface area contributed by atoms with Gasteiger partial charge in [-0.3, -0.25) is 4.79 Å². The molecule has 0 unspecified atom stereocenters. The van der Waals surface area contributed by atoms with Gasteiger partial charge < -0.3 is 15.3 Å². The highest BCUT2D eigenvalue weighted by Gasteiger charge is 2.11. The molecule has 1 aliphatic heterocycles. The zero-order valence-corrected chi connectivity index (χ0v) is 9.15. The van der Waals surface area contributed by atoms with Crippen LogP contribution in [0, 0.1) is 0 Å². The van der Waals surface area contributed by atoms with Gasteiger partial charge in [-0.1, -0.05) is 0 Å². The van der Waals surface area contributed by atoms with Crippen LogP contribution in [0.1, 0.15) is 12.8 Å². The molecule has 2 rings (SSSR count). The molecule has 0 saturated carbocycles. The number of anilines is 2. The molecule has 86 valence electrons. The van der Waals surface area contributed by atoms with E-state index in [1.54, 1.807) is 0 Å². The van der Waals surface area contributed by atoms with Gasteiger partial charge in [0.2, 0.25) is 0 Å². The second-order valence-electron chi connectivity index (χ2n) is 3.99. The lowest BCUT2D eigenvalue weighted by Crippen LogP contribution is -2.17. The lowest BCUT2D eigenvalue weighted by atomic mass is 10.2. The fourth-order valence-electron chi connectivity index (χ4n) is 1.94. The predicted molar refractivity (Wildman–Crippen MR) is 64.0 cm³/mol. The minimum atomic E-state index is -0.844. The van der Waals surface area contributed by atoms with Crippen LogP contribution in [0.2, 0.25) is 0 Å². The summed E-state index contributed by atoms with van der Waals surface area (Å²) in [4.78, 5) is 12.7. The van der Waals surface area contributed by atoms with Crippen molar-refractivity contribution in [3.63, 3.8) is 0 Å². The van der Waals surface area contributed by atoms with Crippen LogP contribution in [0.3, 0.4) is 0 Å². The number of benzene rings is 1. The van der Waals surface area contributed by atoms with Crippen LogP contribution in [0.4, 0.5) is 11.4 Å². The first-order valence-electron chi connectivity index (χ1n) is 5.56. The number of hydrogen-bond acceptors (Lipinski definition) is 3. The highest BCUT2D eigenvalue weighted by molar-refractivity contribution is 5.73. The summed E-state index contributed by atoms with van der Waals surface area (Å²) in [6.07, 6.45) is 2.53. The van der Waals surface area contributed by atoms with Gasteiger partial charge in [0.1, 0.15) is 6.54 Å². The summed E-state index contributed by atoms with van der Waals surface area (Å²) in [5.41, 5.74) is 2.07. The molecule has 1 aromatic rings. The lowest BCUT2D eigenvalue weighted by Gasteiger charge is -2.17. The second-order valence-corrected chi connectivity index (χ2v) is 3.99. The molecule has 0 radical (unpaired) electrons. The van der Waals surface area contributed by atoms with Crippen molar-refractivity contribution < 1.29 is 9.90 Å². The molecular formula is C12H16N2O2. The highest BCUT2D eigenvalue weighted by atomic mass is 16.4. The SMILES string of the molecule is O=C(O)CNc1ccc(N2CCCC2)cc1. The third kappa shape index (κ3) is 2.66. The van der Waals surface area contributed by atoms with Crippen molar-refractivity contribution in [1.82, 2.24) is 0 Å². The molecule has 0 aliphatic carbocycles. The van der Waals surface area contributed by atoms with Crippen LogP contribution in [-0.4, -0.2) is 30.7 Å². The molecule has 1 aliphatic rings. The van der Waals surface area contributed by atoms with Crippen molar-refractivity contribution in [2.45, 2.75) is 12.8 Å². The molecule has 1 fully saturated rings. The second kappa shape index (κ2) is 4.88. The summed E-state index contributed by atoms with van der Waals surface area (Å²) >= 11 is 0. The van der Waals surface area contributed by atoms with E-state index in [0.717, 1.165) is 18.8 Å². The van der Waals surface area contributed by atoms with Crippen molar-refractivity contribution >= 4 is 17.3 Å². The number of carboxylic acid groups (broad SMARTS) is 1. The molecule has 1 heterocycles. The number of rotatable bonds is 4. The van der Waals surface area contributed by atoms with Gasteiger partial charge in [0, 0.05) is 24.5 Å². The number of nitrogens with zero attached hydrogens (tertiary/aromatic N) is 1. The van der Waals surface area contributed by atoms with Crippen LogP contribution in [0.15, 0.2) is 24.3 Å². The summed E-state index contributed by atoms with van der Waals surface area (Å²) in [5.74, 6) is -0.844. The van der Waals surface area contributed by atoms with Crippen molar-refractivity contribution in [2.75, 3.05) is 29.9 Å². The summed E-state index contributed by atoms with van der Waals surface area (Å²) in [7, 11) is 0. The van der Waals surface area contributed by atoms with Gasteiger partial charge >= 0.3 is 5.97 Å². The standard InChI is InChI=1S/C12H16N2O2/c15-12(16)9-13-10-3-5-11(6-4-10)14-7-1-2-8-14/h3-6,13H,1-2,7-9H2,(H,15,16). The van der Waals surface area contributed by atoms with Crippen molar-refractivity contribution in [3.05, 3.63) is 24.3 Å². The zero-order valence-electron chi connectivity index (χ0n) is 9.15. The van der Waals surface area contributed by atoms with E-state index in [9.17, 15) is 4.79 Å². The summed E-state index contributed by atoms with van der Waals surface area (Å²) < 4.78 is 0. The summed E-state index contributed by atoms with van der Waals surface area (Å²) in [6, 6.07) is 7.93. The number of hydrogen-bond donors (Lipinski definition) is 2. The van der Waals surface area contributed by atoms with E-state index in [2.05, 4.69) is 10.2 Å². The third-order valence-corrected chi connectivity index (χ3v) is 2.78. The smallest absolute Gasteiger partial charge is 0.322 e. The normalized spacial score (nSPS) is 15.1. The van der Waals surface area contributed by atoms with E-state index in [-0.39, 0.29) is 6.54 Å². The molecule has 2 N–H and O–H groups in total. The van der Waals surface area contributed by atoms with Crippen LogP contribution in [0.5, 0.6) is 0 Å². The topological polar surface area (TPSA) is 52.6 Å². The Balaban J connectivity index is 1.95. The van der Waals surface area contributed by atoms with Crippen molar-refractivity contribution in [2.24, 2.45) is 0 Å². The first kappa shape index (κ1) is 10.8. The summed E-state index contributed by atoms with van der Waals surface area (Å²) in [6.45, 7) is 2.22. The Kier molecular flexibility index (Phi) is 3.29. The maximum Gasteiger partial charge on any atom is 0.322 e. The maximum atomic E-state index is 10.4. The number of carbonyl (C=O) groups is 1. The van der Waals surface area contributed by atoms with E-state index < -0.39 is 5.97 Å². The quantitative estimate of drug-likeness (QED) is 0.812. The highest BCUT2D eigenvalue weighted by Crippen LogP contribution is 2.21. The Morgan fingerprint density at radius 2 is 1.88 bits per heavy atom. The first-order valence-corrected chi connectivity index (χ1v) is 5.56. The number of nitrogens with one attached hydrogen (secondary N) is 1. The van der Waals surface area contributed by atoms with Crippen LogP contribution in [-0.2, 0) is 4.79 Å². The van der Waals surface area contributed by atoms with Gasteiger partial charge in [0.05, 0.1) is 0 Å². The monoisotopic (exact) mass is 220 g/mol. The zero-order chi connectivity index (χ0) is 11.4. The molecule has 0 spiro atoms. The van der Waals surface area contributed by atoms with Crippen LogP contribution >= 0.6 is 0 Å². The van der Waals surface area contributed by atoms with Gasteiger partial charge in [-0.05, 0) is 37.1 Å². The predicted octanol–water partition coefficient (Wildman–Crippen LogP) is 1.78. The molecule has 0 atom stereocenters. The number of carboxylic acids is 1. The van der Waals surface area contributed by atoms with Crippen LogP contribution < -0.4 is 10.2 Å². The minimum Gasteiger partial charge on any atom is -0.480 e. The Morgan fingerprint density at radius 3 is 2.44 bits per heavy atom. The molecule has 1 aromatic carbocycles. The van der Waals surface area contributed by atoms with E-state index in [1.807, 2.05) is 24.3 Å². The van der Waals surface area contributed by atoms with E-state index in [0.29, 0.717) is 0 Å². The van der Waals surface area contributed by atoms with E-state index in [1.165, 1.54) is 18.5 Å². The van der Waals surface area contributed by atoms with E-state index >= 15 is 0 Å². The Bertz CT molecular complexity index is 356. The van der Waals surface area contributed by atoms with Gasteiger partial charge in [0.15, 0.2) is 0 Å². The van der Waals surface area contributed by atoms with Crippen molar-refractivity contribution in [3.8, 4) is 0 Å². The maximum absolute atomic E-state index is 10.4. The van der Waals surface area contributed by atoms with Gasteiger partial charge in [0.25, 0.3) is 0 Å². The number of aliphatic carboxylic acids is 1. The fraction of sp³-hybridized carbons (Fsp3) is 0.417. The van der Waals surface area contributed by atoms with Gasteiger partial charge in [-0.25, -0.2) is 0 Å². The Labute approximate surface area is 94.9 Å². The molecule has 16 heavy (non-hydrogen) atoms. The van der Waals surface area contributed by atoms with Crippen molar-refractivity contribution in [1.29, 1.82) is 0 Å². The lowest BCUT2D eigenvalue weighted by molar-refractivity contribution is -0.134. The first-order chi connectivity index (χ1) is 7.75. The van der Waals surface area contributed by atoms with Crippen LogP contribution in [0.25, 0.3) is 0 Å². The Morgan fingerprint density at radius 1 is 1.25 bits per heavy atom. The van der Waals surface area contributed by atoms with E-state index in [4.69, 9.17) is 5.11 Å². The molecule has 0 aromatic heterocycles. The summed E-state index contributed by atoms with van der Waals surface area (Å²) in [5, 5.41) is 11.4. The fourth-order valence-corrected chi connectivity index (χ4v) is 1.94. The molecule has 0 bridgehead atoms.